The van der Waals surface area contributed by atoms with Gasteiger partial charge in [0.1, 0.15) is 5.75 Å². The highest BCUT2D eigenvalue weighted by Crippen LogP contribution is 2.42. The summed E-state index contributed by atoms with van der Waals surface area (Å²) >= 11 is 3.51. The van der Waals surface area contributed by atoms with Gasteiger partial charge in [0.15, 0.2) is 0 Å². The Morgan fingerprint density at radius 3 is 2.86 bits per heavy atom. The number of rotatable bonds is 3. The van der Waals surface area contributed by atoms with E-state index in [4.69, 9.17) is 4.74 Å². The molecule has 1 aliphatic carbocycles. The number of halogens is 1. The van der Waals surface area contributed by atoms with Gasteiger partial charge in [0.25, 0.3) is 0 Å². The van der Waals surface area contributed by atoms with E-state index in [-0.39, 0.29) is 0 Å². The van der Waals surface area contributed by atoms with Gasteiger partial charge in [-0.2, -0.15) is 5.26 Å². The first-order valence-electron chi connectivity index (χ1n) is 7.00. The lowest BCUT2D eigenvalue weighted by Gasteiger charge is -2.23. The average molecular weight is 342 g/mol. The molecule has 106 valence electrons. The molecular formula is C18H16BrNO. The highest BCUT2D eigenvalue weighted by Gasteiger charge is 2.39. The summed E-state index contributed by atoms with van der Waals surface area (Å²) in [6, 6.07) is 16.8. The summed E-state index contributed by atoms with van der Waals surface area (Å²) in [5.74, 6) is 0.845. The van der Waals surface area contributed by atoms with E-state index in [9.17, 15) is 5.26 Å². The molecule has 0 spiro atoms. The maximum Gasteiger partial charge on any atom is 0.122 e. The lowest BCUT2D eigenvalue weighted by molar-refractivity contribution is 0.404. The molecular weight excluding hydrogens is 326 g/mol. The normalized spacial score (nSPS) is 19.9. The van der Waals surface area contributed by atoms with Crippen LogP contribution in [0, 0.1) is 11.3 Å². The Hall–Kier alpha value is -1.79. The SMILES string of the molecule is COc1ccc(Br)cc1CC1(C#N)CCc2ccccc21. The Kier molecular flexibility index (Phi) is 3.73. The van der Waals surface area contributed by atoms with Crippen molar-refractivity contribution < 1.29 is 4.74 Å². The van der Waals surface area contributed by atoms with Crippen LogP contribution in [-0.4, -0.2) is 7.11 Å². The number of hydrogen-bond donors (Lipinski definition) is 0. The van der Waals surface area contributed by atoms with Gasteiger partial charge in [0.2, 0.25) is 0 Å². The molecule has 1 aliphatic rings. The third kappa shape index (κ3) is 2.45. The molecule has 2 nitrogen and oxygen atoms in total. The fraction of sp³-hybridized carbons (Fsp3) is 0.278. The molecule has 0 saturated heterocycles. The largest absolute Gasteiger partial charge is 0.496 e. The highest BCUT2D eigenvalue weighted by molar-refractivity contribution is 9.10. The van der Waals surface area contributed by atoms with E-state index in [1.54, 1.807) is 7.11 Å². The fourth-order valence-corrected chi connectivity index (χ4v) is 3.65. The minimum Gasteiger partial charge on any atom is -0.496 e. The van der Waals surface area contributed by atoms with Crippen molar-refractivity contribution in [1.29, 1.82) is 5.26 Å². The molecule has 2 aromatic rings. The second-order valence-corrected chi connectivity index (χ2v) is 6.40. The van der Waals surface area contributed by atoms with Crippen LogP contribution >= 0.6 is 15.9 Å². The van der Waals surface area contributed by atoms with E-state index in [1.165, 1.54) is 11.1 Å². The van der Waals surface area contributed by atoms with Crippen LogP contribution in [0.2, 0.25) is 0 Å². The van der Waals surface area contributed by atoms with Crippen molar-refractivity contribution in [2.75, 3.05) is 7.11 Å². The zero-order valence-corrected chi connectivity index (χ0v) is 13.5. The topological polar surface area (TPSA) is 33.0 Å². The summed E-state index contributed by atoms with van der Waals surface area (Å²) in [7, 11) is 1.67. The first kappa shape index (κ1) is 14.2. The Morgan fingerprint density at radius 2 is 2.10 bits per heavy atom. The molecule has 1 unspecified atom stereocenters. The second kappa shape index (κ2) is 5.54. The molecule has 0 amide bonds. The van der Waals surface area contributed by atoms with E-state index < -0.39 is 5.41 Å². The molecule has 21 heavy (non-hydrogen) atoms. The molecule has 0 aliphatic heterocycles. The molecule has 0 radical (unpaired) electrons. The van der Waals surface area contributed by atoms with Crippen molar-refractivity contribution in [3.63, 3.8) is 0 Å². The van der Waals surface area contributed by atoms with Crippen LogP contribution in [0.15, 0.2) is 46.9 Å². The number of nitrogens with zero attached hydrogens (tertiary/aromatic N) is 1. The minimum atomic E-state index is -0.440. The van der Waals surface area contributed by atoms with Crippen molar-refractivity contribution in [2.45, 2.75) is 24.7 Å². The summed E-state index contributed by atoms with van der Waals surface area (Å²) in [5.41, 5.74) is 3.11. The van der Waals surface area contributed by atoms with E-state index in [0.717, 1.165) is 28.6 Å². The Balaban J connectivity index is 2.05. The standard InChI is InChI=1S/C18H16BrNO/c1-21-17-7-6-15(19)10-14(17)11-18(12-20)9-8-13-4-2-3-5-16(13)18/h2-7,10H,8-9,11H2,1H3. The van der Waals surface area contributed by atoms with Crippen LogP contribution in [0.25, 0.3) is 0 Å². The van der Waals surface area contributed by atoms with Crippen LogP contribution in [0.4, 0.5) is 0 Å². The Morgan fingerprint density at radius 1 is 1.29 bits per heavy atom. The zero-order valence-electron chi connectivity index (χ0n) is 11.9. The summed E-state index contributed by atoms with van der Waals surface area (Å²) in [6.45, 7) is 0. The number of nitriles is 1. The van der Waals surface area contributed by atoms with Gasteiger partial charge in [0.05, 0.1) is 18.6 Å². The maximum absolute atomic E-state index is 9.85. The summed E-state index contributed by atoms with van der Waals surface area (Å²) in [4.78, 5) is 0. The molecule has 3 heteroatoms. The first-order chi connectivity index (χ1) is 10.2. The van der Waals surface area contributed by atoms with Crippen molar-refractivity contribution in [3.8, 4) is 11.8 Å². The van der Waals surface area contributed by atoms with E-state index in [1.807, 2.05) is 24.3 Å². The summed E-state index contributed by atoms with van der Waals surface area (Å²) < 4.78 is 6.47. The number of hydrogen-bond acceptors (Lipinski definition) is 2. The van der Waals surface area contributed by atoms with Crippen LogP contribution < -0.4 is 4.74 Å². The van der Waals surface area contributed by atoms with Gasteiger partial charge in [-0.05, 0) is 54.2 Å². The van der Waals surface area contributed by atoms with Crippen LogP contribution in [0.1, 0.15) is 23.1 Å². The molecule has 0 aromatic heterocycles. The van der Waals surface area contributed by atoms with Crippen molar-refractivity contribution >= 4 is 15.9 Å². The minimum absolute atomic E-state index is 0.440. The first-order valence-corrected chi connectivity index (χ1v) is 7.80. The van der Waals surface area contributed by atoms with Gasteiger partial charge in [-0.1, -0.05) is 40.2 Å². The number of methoxy groups -OCH3 is 1. The highest BCUT2D eigenvalue weighted by atomic mass is 79.9. The smallest absolute Gasteiger partial charge is 0.122 e. The van der Waals surface area contributed by atoms with Crippen molar-refractivity contribution in [3.05, 3.63) is 63.6 Å². The predicted molar refractivity (Wildman–Crippen MR) is 86.5 cm³/mol. The van der Waals surface area contributed by atoms with E-state index in [0.29, 0.717) is 6.42 Å². The lowest BCUT2D eigenvalue weighted by atomic mass is 9.78. The monoisotopic (exact) mass is 341 g/mol. The van der Waals surface area contributed by atoms with Gasteiger partial charge >= 0.3 is 0 Å². The molecule has 2 aromatic carbocycles. The van der Waals surface area contributed by atoms with Gasteiger partial charge < -0.3 is 4.74 Å². The van der Waals surface area contributed by atoms with Gasteiger partial charge in [-0.15, -0.1) is 0 Å². The van der Waals surface area contributed by atoms with Crippen LogP contribution in [0.5, 0.6) is 5.75 Å². The Labute approximate surface area is 133 Å². The second-order valence-electron chi connectivity index (χ2n) is 5.48. The summed E-state index contributed by atoms with van der Waals surface area (Å²) in [5, 5.41) is 9.85. The van der Waals surface area contributed by atoms with Crippen molar-refractivity contribution in [2.24, 2.45) is 0 Å². The molecule has 0 saturated carbocycles. The van der Waals surface area contributed by atoms with E-state index >= 15 is 0 Å². The third-order valence-electron chi connectivity index (χ3n) is 4.30. The lowest BCUT2D eigenvalue weighted by Crippen LogP contribution is -2.24. The van der Waals surface area contributed by atoms with Crippen molar-refractivity contribution in [1.82, 2.24) is 0 Å². The molecule has 1 atom stereocenters. The maximum atomic E-state index is 9.85. The number of benzene rings is 2. The molecule has 0 fully saturated rings. The van der Waals surface area contributed by atoms with Crippen LogP contribution in [0.3, 0.4) is 0 Å². The molecule has 0 bridgehead atoms. The van der Waals surface area contributed by atoms with Crippen LogP contribution in [-0.2, 0) is 18.3 Å². The average Bonchev–Trinajstić information content (AvgIpc) is 2.87. The Bertz CT molecular complexity index is 719. The number of ether oxygens (including phenoxy) is 1. The number of fused-ring (bicyclic) bond motifs is 1. The van der Waals surface area contributed by atoms with Gasteiger partial charge in [-0.3, -0.25) is 0 Å². The summed E-state index contributed by atoms with van der Waals surface area (Å²) in [6.07, 6.45) is 2.53. The zero-order chi connectivity index (χ0) is 14.9. The molecule has 0 heterocycles. The molecule has 3 rings (SSSR count). The predicted octanol–water partition coefficient (Wildman–Crippen LogP) is 4.41. The van der Waals surface area contributed by atoms with Gasteiger partial charge in [0, 0.05) is 4.47 Å². The van der Waals surface area contributed by atoms with Gasteiger partial charge in [-0.25, -0.2) is 0 Å². The molecule has 0 N–H and O–H groups in total. The van der Waals surface area contributed by atoms with E-state index in [2.05, 4.69) is 40.2 Å². The quantitative estimate of drug-likeness (QED) is 0.828. The number of aryl methyl sites for hydroxylation is 1. The fourth-order valence-electron chi connectivity index (χ4n) is 3.24. The third-order valence-corrected chi connectivity index (χ3v) is 4.80.